The van der Waals surface area contributed by atoms with E-state index >= 15 is 0 Å². The number of likely N-dealkylation sites (N-methyl/N-ethyl adjacent to an activating group) is 2. The molecule has 0 aromatic carbocycles. The Balaban J connectivity index is 2.13. The lowest BCUT2D eigenvalue weighted by Crippen LogP contribution is -2.44. The minimum atomic E-state index is 0.439. The van der Waals surface area contributed by atoms with Crippen LogP contribution in [0, 0.1) is 0 Å². The summed E-state index contributed by atoms with van der Waals surface area (Å²) in [5.41, 5.74) is 6.59. The van der Waals surface area contributed by atoms with Gasteiger partial charge < -0.3 is 10.6 Å². The van der Waals surface area contributed by atoms with Crippen molar-refractivity contribution in [1.82, 2.24) is 14.8 Å². The molecule has 0 spiro atoms. The smallest absolute Gasteiger partial charge is 0.111 e. The van der Waals surface area contributed by atoms with Crippen molar-refractivity contribution in [2.24, 2.45) is 5.73 Å². The lowest BCUT2D eigenvalue weighted by Gasteiger charge is -2.36. The molecule has 1 aliphatic heterocycles. The Bertz CT molecular complexity index is 325. The van der Waals surface area contributed by atoms with E-state index in [1.165, 1.54) is 5.01 Å². The maximum Gasteiger partial charge on any atom is 0.111 e. The zero-order valence-corrected chi connectivity index (χ0v) is 10.1. The van der Waals surface area contributed by atoms with Gasteiger partial charge in [0.15, 0.2) is 0 Å². The second-order valence-electron chi connectivity index (χ2n) is 4.14. The summed E-state index contributed by atoms with van der Waals surface area (Å²) in [6.45, 7) is 3.86. The average molecular weight is 226 g/mol. The van der Waals surface area contributed by atoms with E-state index in [-0.39, 0.29) is 0 Å². The molecule has 1 aromatic heterocycles. The van der Waals surface area contributed by atoms with E-state index in [9.17, 15) is 0 Å². The van der Waals surface area contributed by atoms with Gasteiger partial charge in [-0.15, -0.1) is 11.3 Å². The first-order valence-electron chi connectivity index (χ1n) is 5.24. The fraction of sp³-hybridized carbons (Fsp3) is 0.700. The second kappa shape index (κ2) is 4.57. The van der Waals surface area contributed by atoms with E-state index in [1.807, 2.05) is 0 Å². The molecule has 15 heavy (non-hydrogen) atoms. The molecule has 2 heterocycles. The van der Waals surface area contributed by atoms with Gasteiger partial charge >= 0.3 is 0 Å². The van der Waals surface area contributed by atoms with Crippen molar-refractivity contribution in [2.45, 2.75) is 12.6 Å². The quantitative estimate of drug-likeness (QED) is 0.798. The Hall–Kier alpha value is -0.490. The average Bonchev–Trinajstić information content (AvgIpc) is 2.70. The van der Waals surface area contributed by atoms with Crippen LogP contribution in [-0.2, 0) is 6.54 Å². The predicted molar refractivity (Wildman–Crippen MR) is 62.9 cm³/mol. The van der Waals surface area contributed by atoms with Crippen LogP contribution >= 0.6 is 11.3 Å². The number of hydrogen-bond donors (Lipinski definition) is 1. The number of rotatable bonds is 2. The van der Waals surface area contributed by atoms with Crippen LogP contribution in [0.4, 0.5) is 0 Å². The summed E-state index contributed by atoms with van der Waals surface area (Å²) >= 11 is 1.73. The van der Waals surface area contributed by atoms with Crippen molar-refractivity contribution in [3.05, 3.63) is 16.1 Å². The van der Waals surface area contributed by atoms with Gasteiger partial charge in [-0.1, -0.05) is 0 Å². The van der Waals surface area contributed by atoms with Gasteiger partial charge in [0.25, 0.3) is 0 Å². The van der Waals surface area contributed by atoms with Gasteiger partial charge in [0, 0.05) is 31.6 Å². The molecular weight excluding hydrogens is 208 g/mol. The highest BCUT2D eigenvalue weighted by Gasteiger charge is 2.25. The van der Waals surface area contributed by atoms with Gasteiger partial charge in [-0.05, 0) is 14.1 Å². The molecule has 0 saturated carbocycles. The van der Waals surface area contributed by atoms with E-state index < -0.39 is 0 Å². The standard InChI is InChI=1S/C10H18N4S/c1-13-3-4-14(2)9(6-13)10-12-8(5-11)7-15-10/h7,9H,3-6,11H2,1-2H3. The van der Waals surface area contributed by atoms with E-state index in [4.69, 9.17) is 5.73 Å². The minimum absolute atomic E-state index is 0.439. The highest BCUT2D eigenvalue weighted by atomic mass is 32.1. The maximum absolute atomic E-state index is 5.57. The Morgan fingerprint density at radius 1 is 1.53 bits per heavy atom. The van der Waals surface area contributed by atoms with E-state index in [0.717, 1.165) is 25.3 Å². The fourth-order valence-electron chi connectivity index (χ4n) is 1.85. The third kappa shape index (κ3) is 2.36. The summed E-state index contributed by atoms with van der Waals surface area (Å²) < 4.78 is 0. The molecule has 4 nitrogen and oxygen atoms in total. The van der Waals surface area contributed by atoms with Crippen LogP contribution in [0.15, 0.2) is 5.38 Å². The normalized spacial score (nSPS) is 24.6. The van der Waals surface area contributed by atoms with Crippen LogP contribution in [0.5, 0.6) is 0 Å². The molecule has 0 bridgehead atoms. The molecule has 2 N–H and O–H groups in total. The number of hydrogen-bond acceptors (Lipinski definition) is 5. The van der Waals surface area contributed by atoms with Crippen molar-refractivity contribution < 1.29 is 0 Å². The van der Waals surface area contributed by atoms with Crippen LogP contribution in [0.25, 0.3) is 0 Å². The molecule has 84 valence electrons. The molecule has 1 atom stereocenters. The summed E-state index contributed by atoms with van der Waals surface area (Å²) in [7, 11) is 4.33. The zero-order valence-electron chi connectivity index (χ0n) is 9.31. The zero-order chi connectivity index (χ0) is 10.8. The Morgan fingerprint density at radius 3 is 3.00 bits per heavy atom. The summed E-state index contributed by atoms with van der Waals surface area (Å²) in [6.07, 6.45) is 0. The summed E-state index contributed by atoms with van der Waals surface area (Å²) in [4.78, 5) is 9.29. The van der Waals surface area contributed by atoms with Crippen molar-refractivity contribution in [1.29, 1.82) is 0 Å². The molecule has 0 aliphatic carbocycles. The van der Waals surface area contributed by atoms with Gasteiger partial charge in [-0.25, -0.2) is 4.98 Å². The largest absolute Gasteiger partial charge is 0.325 e. The fourth-order valence-corrected chi connectivity index (χ4v) is 2.83. The maximum atomic E-state index is 5.57. The molecular formula is C10H18N4S. The second-order valence-corrected chi connectivity index (χ2v) is 5.03. The van der Waals surface area contributed by atoms with Crippen LogP contribution in [0.1, 0.15) is 16.7 Å². The topological polar surface area (TPSA) is 45.4 Å². The van der Waals surface area contributed by atoms with Crippen molar-refractivity contribution >= 4 is 11.3 Å². The van der Waals surface area contributed by atoms with Crippen LogP contribution in [-0.4, -0.2) is 48.5 Å². The van der Waals surface area contributed by atoms with Crippen molar-refractivity contribution in [3.63, 3.8) is 0 Å². The van der Waals surface area contributed by atoms with Crippen molar-refractivity contribution in [2.75, 3.05) is 33.7 Å². The molecule has 5 heteroatoms. The van der Waals surface area contributed by atoms with Crippen LogP contribution in [0.2, 0.25) is 0 Å². The monoisotopic (exact) mass is 226 g/mol. The number of thiazole rings is 1. The highest BCUT2D eigenvalue weighted by Crippen LogP contribution is 2.26. The number of nitrogens with zero attached hydrogens (tertiary/aromatic N) is 3. The molecule has 0 radical (unpaired) electrons. The number of aromatic nitrogens is 1. The third-order valence-corrected chi connectivity index (χ3v) is 3.91. The molecule has 1 aliphatic rings. The molecule has 1 saturated heterocycles. The summed E-state index contributed by atoms with van der Waals surface area (Å²) in [5, 5.41) is 3.27. The lowest BCUT2D eigenvalue weighted by atomic mass is 10.2. The highest BCUT2D eigenvalue weighted by molar-refractivity contribution is 7.09. The Labute approximate surface area is 94.7 Å². The molecule has 1 unspecified atom stereocenters. The first-order valence-corrected chi connectivity index (χ1v) is 6.12. The van der Waals surface area contributed by atoms with Gasteiger partial charge in [0.2, 0.25) is 0 Å². The first-order chi connectivity index (χ1) is 7.20. The first kappa shape index (κ1) is 11.0. The van der Waals surface area contributed by atoms with Gasteiger partial charge in [-0.2, -0.15) is 0 Å². The predicted octanol–water partition coefficient (Wildman–Crippen LogP) is 0.520. The van der Waals surface area contributed by atoms with E-state index in [1.54, 1.807) is 11.3 Å². The lowest BCUT2D eigenvalue weighted by molar-refractivity contribution is 0.115. The molecule has 2 rings (SSSR count). The van der Waals surface area contributed by atoms with E-state index in [0.29, 0.717) is 12.6 Å². The van der Waals surface area contributed by atoms with Gasteiger partial charge in [0.05, 0.1) is 11.7 Å². The SMILES string of the molecule is CN1CCN(C)C(c2nc(CN)cs2)C1. The summed E-state index contributed by atoms with van der Waals surface area (Å²) in [6, 6.07) is 0.439. The molecule has 0 amide bonds. The Kier molecular flexibility index (Phi) is 3.35. The van der Waals surface area contributed by atoms with Crippen LogP contribution in [0.3, 0.4) is 0 Å². The van der Waals surface area contributed by atoms with Crippen molar-refractivity contribution in [3.8, 4) is 0 Å². The molecule has 1 fully saturated rings. The Morgan fingerprint density at radius 2 is 2.33 bits per heavy atom. The number of nitrogens with two attached hydrogens (primary N) is 1. The third-order valence-electron chi connectivity index (χ3n) is 2.91. The molecule has 1 aromatic rings. The number of piperazine rings is 1. The summed E-state index contributed by atoms with van der Waals surface area (Å²) in [5.74, 6) is 0. The van der Waals surface area contributed by atoms with Crippen LogP contribution < -0.4 is 5.73 Å². The van der Waals surface area contributed by atoms with E-state index in [2.05, 4.69) is 34.3 Å². The van der Waals surface area contributed by atoms with Gasteiger partial charge in [-0.3, -0.25) is 4.90 Å². The minimum Gasteiger partial charge on any atom is -0.325 e. The van der Waals surface area contributed by atoms with Gasteiger partial charge in [0.1, 0.15) is 5.01 Å².